The van der Waals surface area contributed by atoms with Crippen molar-refractivity contribution in [1.29, 1.82) is 0 Å². The minimum atomic E-state index is -3.51. The molecule has 1 saturated heterocycles. The van der Waals surface area contributed by atoms with E-state index in [1.807, 2.05) is 85.7 Å². The van der Waals surface area contributed by atoms with Crippen LogP contribution in [0.15, 0.2) is 59.5 Å². The number of nitrogens with zero attached hydrogens (tertiary/aromatic N) is 1. The first-order valence-corrected chi connectivity index (χ1v) is 13.7. The Balaban J connectivity index is 0. The Labute approximate surface area is 198 Å². The van der Waals surface area contributed by atoms with Crippen LogP contribution in [0.25, 0.3) is 0 Å². The van der Waals surface area contributed by atoms with E-state index in [9.17, 15) is 13.2 Å². The molecule has 0 bridgehead atoms. The van der Waals surface area contributed by atoms with Crippen molar-refractivity contribution in [2.45, 2.75) is 86.0 Å². The molecule has 182 valence electrons. The third kappa shape index (κ3) is 10.6. The SMILES string of the molecule is CC.CC.CC.CC.O=C(Cc1ccccc1)c1cccc(S(=O)(=O)N2CCCCC2)c1. The first-order valence-electron chi connectivity index (χ1n) is 12.2. The van der Waals surface area contributed by atoms with Gasteiger partial charge in [-0.3, -0.25) is 4.79 Å². The van der Waals surface area contributed by atoms with Gasteiger partial charge in [0.15, 0.2) is 5.78 Å². The van der Waals surface area contributed by atoms with Crippen molar-refractivity contribution >= 4 is 15.8 Å². The van der Waals surface area contributed by atoms with Gasteiger partial charge in [0.05, 0.1) is 4.90 Å². The van der Waals surface area contributed by atoms with E-state index in [1.54, 1.807) is 18.2 Å². The largest absolute Gasteiger partial charge is 0.294 e. The molecule has 0 aliphatic carbocycles. The Hall–Kier alpha value is -1.98. The highest BCUT2D eigenvalue weighted by atomic mass is 32.2. The maximum Gasteiger partial charge on any atom is 0.243 e. The number of benzene rings is 2. The third-order valence-corrected chi connectivity index (χ3v) is 6.21. The number of carbonyl (C=O) groups excluding carboxylic acids is 1. The molecule has 1 aliphatic heterocycles. The summed E-state index contributed by atoms with van der Waals surface area (Å²) in [5.74, 6) is -0.0723. The predicted octanol–water partition coefficient (Wildman–Crippen LogP) is 7.39. The average Bonchev–Trinajstić information content (AvgIpc) is 2.90. The molecule has 0 atom stereocenters. The second-order valence-electron chi connectivity index (χ2n) is 6.08. The molecule has 2 aromatic carbocycles. The number of Topliss-reactive ketones (excluding diaryl/α,β-unsaturated/α-hetero) is 1. The fourth-order valence-corrected chi connectivity index (χ4v) is 4.53. The zero-order valence-corrected chi connectivity index (χ0v) is 22.3. The molecule has 0 spiro atoms. The molecular weight excluding hydrogens is 418 g/mol. The minimum absolute atomic E-state index is 0.0723. The Morgan fingerprint density at radius 3 is 1.81 bits per heavy atom. The van der Waals surface area contributed by atoms with E-state index in [1.165, 1.54) is 10.4 Å². The molecule has 0 N–H and O–H groups in total. The Morgan fingerprint density at radius 1 is 0.750 bits per heavy atom. The predicted molar refractivity (Wildman–Crippen MR) is 139 cm³/mol. The van der Waals surface area contributed by atoms with Gasteiger partial charge in [0.1, 0.15) is 0 Å². The summed E-state index contributed by atoms with van der Waals surface area (Å²) in [6.07, 6.45) is 3.13. The molecule has 1 heterocycles. The van der Waals surface area contributed by atoms with Gasteiger partial charge in [-0.2, -0.15) is 4.31 Å². The normalized spacial score (nSPS) is 12.8. The van der Waals surface area contributed by atoms with Crippen LogP contribution < -0.4 is 0 Å². The maximum atomic E-state index is 12.7. The van der Waals surface area contributed by atoms with E-state index < -0.39 is 10.0 Å². The topological polar surface area (TPSA) is 54.5 Å². The molecule has 0 aromatic heterocycles. The number of rotatable bonds is 5. The lowest BCUT2D eigenvalue weighted by Gasteiger charge is -2.26. The summed E-state index contributed by atoms with van der Waals surface area (Å²) in [6, 6.07) is 15.9. The standard InChI is InChI=1S/C19H21NO3S.4C2H6/c21-19(14-16-8-3-1-4-9-16)17-10-7-11-18(15-17)24(22,23)20-12-5-2-6-13-20;4*1-2/h1,3-4,7-11,15H,2,5-6,12-14H2;4*1-2H3. The summed E-state index contributed by atoms with van der Waals surface area (Å²) < 4.78 is 27.0. The smallest absolute Gasteiger partial charge is 0.243 e. The molecule has 3 rings (SSSR count). The van der Waals surface area contributed by atoms with Crippen LogP contribution in [0.1, 0.15) is 90.6 Å². The zero-order chi connectivity index (χ0) is 25.0. The summed E-state index contributed by atoms with van der Waals surface area (Å²) in [5, 5.41) is 0. The Kier molecular flexibility index (Phi) is 19.8. The lowest BCUT2D eigenvalue weighted by atomic mass is 10.0. The van der Waals surface area contributed by atoms with E-state index in [4.69, 9.17) is 0 Å². The van der Waals surface area contributed by atoms with Gasteiger partial charge in [-0.15, -0.1) is 0 Å². The molecule has 0 saturated carbocycles. The second kappa shape index (κ2) is 19.7. The lowest BCUT2D eigenvalue weighted by molar-refractivity contribution is 0.0992. The summed E-state index contributed by atoms with van der Waals surface area (Å²) >= 11 is 0. The van der Waals surface area contributed by atoms with Crippen LogP contribution in [-0.4, -0.2) is 31.6 Å². The minimum Gasteiger partial charge on any atom is -0.294 e. The monoisotopic (exact) mass is 463 g/mol. The van der Waals surface area contributed by atoms with Gasteiger partial charge in [0.2, 0.25) is 10.0 Å². The van der Waals surface area contributed by atoms with Crippen molar-refractivity contribution < 1.29 is 13.2 Å². The highest BCUT2D eigenvalue weighted by molar-refractivity contribution is 7.89. The average molecular weight is 464 g/mol. The number of hydrogen-bond donors (Lipinski definition) is 0. The number of ketones is 1. The molecular formula is C27H45NO3S. The fourth-order valence-electron chi connectivity index (χ4n) is 2.97. The summed E-state index contributed by atoms with van der Waals surface area (Å²) in [6.45, 7) is 17.1. The molecule has 5 heteroatoms. The summed E-state index contributed by atoms with van der Waals surface area (Å²) in [5.41, 5.74) is 1.36. The van der Waals surface area contributed by atoms with Crippen LogP contribution in [-0.2, 0) is 16.4 Å². The van der Waals surface area contributed by atoms with Gasteiger partial charge in [0, 0.05) is 25.1 Å². The van der Waals surface area contributed by atoms with Crippen molar-refractivity contribution in [3.05, 3.63) is 65.7 Å². The number of piperidine rings is 1. The van der Waals surface area contributed by atoms with E-state index in [0.29, 0.717) is 18.7 Å². The van der Waals surface area contributed by atoms with Crippen molar-refractivity contribution in [1.82, 2.24) is 4.31 Å². The lowest BCUT2D eigenvalue weighted by Crippen LogP contribution is -2.35. The Morgan fingerprint density at radius 2 is 1.28 bits per heavy atom. The molecule has 0 radical (unpaired) electrons. The number of carbonyl (C=O) groups is 1. The molecule has 4 nitrogen and oxygen atoms in total. The van der Waals surface area contributed by atoms with E-state index in [2.05, 4.69) is 0 Å². The fraction of sp³-hybridized carbons (Fsp3) is 0.519. The van der Waals surface area contributed by atoms with Crippen molar-refractivity contribution in [3.8, 4) is 0 Å². The van der Waals surface area contributed by atoms with E-state index in [-0.39, 0.29) is 17.1 Å². The van der Waals surface area contributed by atoms with Crippen LogP contribution in [0.2, 0.25) is 0 Å². The molecule has 1 aliphatic rings. The van der Waals surface area contributed by atoms with Crippen LogP contribution in [0.5, 0.6) is 0 Å². The van der Waals surface area contributed by atoms with Gasteiger partial charge in [0.25, 0.3) is 0 Å². The summed E-state index contributed by atoms with van der Waals surface area (Å²) in [7, 11) is -3.51. The van der Waals surface area contributed by atoms with E-state index in [0.717, 1.165) is 24.8 Å². The molecule has 0 amide bonds. The Bertz CT molecular complexity index is 812. The first kappa shape index (κ1) is 32.2. The van der Waals surface area contributed by atoms with Gasteiger partial charge in [-0.05, 0) is 30.5 Å². The van der Waals surface area contributed by atoms with Gasteiger partial charge in [-0.25, -0.2) is 8.42 Å². The third-order valence-electron chi connectivity index (χ3n) is 4.32. The van der Waals surface area contributed by atoms with Crippen LogP contribution >= 0.6 is 0 Å². The van der Waals surface area contributed by atoms with Crippen LogP contribution in [0, 0.1) is 0 Å². The zero-order valence-electron chi connectivity index (χ0n) is 21.5. The van der Waals surface area contributed by atoms with Crippen molar-refractivity contribution in [2.24, 2.45) is 0 Å². The highest BCUT2D eigenvalue weighted by Gasteiger charge is 2.26. The molecule has 32 heavy (non-hydrogen) atoms. The van der Waals surface area contributed by atoms with E-state index >= 15 is 0 Å². The second-order valence-corrected chi connectivity index (χ2v) is 8.02. The van der Waals surface area contributed by atoms with Gasteiger partial charge >= 0.3 is 0 Å². The van der Waals surface area contributed by atoms with Gasteiger partial charge < -0.3 is 0 Å². The molecule has 0 unspecified atom stereocenters. The first-order chi connectivity index (χ1) is 15.6. The number of sulfonamides is 1. The van der Waals surface area contributed by atoms with Crippen molar-refractivity contribution in [2.75, 3.05) is 13.1 Å². The maximum absolute atomic E-state index is 12.7. The highest BCUT2D eigenvalue weighted by Crippen LogP contribution is 2.22. The van der Waals surface area contributed by atoms with Gasteiger partial charge in [-0.1, -0.05) is 104 Å². The number of hydrogen-bond acceptors (Lipinski definition) is 3. The van der Waals surface area contributed by atoms with Crippen LogP contribution in [0.3, 0.4) is 0 Å². The van der Waals surface area contributed by atoms with Crippen LogP contribution in [0.4, 0.5) is 0 Å². The molecule has 1 fully saturated rings. The quantitative estimate of drug-likeness (QED) is 0.434. The summed E-state index contributed by atoms with van der Waals surface area (Å²) in [4.78, 5) is 12.7. The molecule has 2 aromatic rings. The van der Waals surface area contributed by atoms with Crippen molar-refractivity contribution in [3.63, 3.8) is 0 Å².